The number of methoxy groups -OCH3 is 2. The Morgan fingerprint density at radius 2 is 1.90 bits per heavy atom. The number of hydrogen-bond acceptors (Lipinski definition) is 4. The third-order valence-corrected chi connectivity index (χ3v) is 3.67. The molecule has 0 bridgehead atoms. The minimum Gasteiger partial charge on any atom is -0.493 e. The van der Waals surface area contributed by atoms with E-state index >= 15 is 0 Å². The lowest BCUT2D eigenvalue weighted by atomic mass is 10.1. The Labute approximate surface area is 125 Å². The Kier molecular flexibility index (Phi) is 5.26. The van der Waals surface area contributed by atoms with Crippen LogP contribution < -0.4 is 9.47 Å². The molecule has 1 saturated carbocycles. The minimum atomic E-state index is -0.330. The molecule has 0 atom stereocenters. The molecule has 0 unspecified atom stereocenters. The van der Waals surface area contributed by atoms with Gasteiger partial charge < -0.3 is 14.2 Å². The molecule has 0 radical (unpaired) electrons. The van der Waals surface area contributed by atoms with Crippen molar-refractivity contribution in [3.8, 4) is 11.5 Å². The van der Waals surface area contributed by atoms with Crippen molar-refractivity contribution in [2.75, 3.05) is 14.2 Å². The predicted molar refractivity (Wildman–Crippen MR) is 81.5 cm³/mol. The Bertz CT molecular complexity index is 528. The zero-order valence-electron chi connectivity index (χ0n) is 12.8. The van der Waals surface area contributed by atoms with Crippen LogP contribution in [-0.2, 0) is 9.53 Å². The maximum Gasteiger partial charge on any atom is 0.333 e. The van der Waals surface area contributed by atoms with E-state index in [0.29, 0.717) is 5.57 Å². The van der Waals surface area contributed by atoms with Crippen molar-refractivity contribution in [3.05, 3.63) is 29.3 Å². The molecule has 2 rings (SSSR count). The molecule has 0 saturated heterocycles. The molecular formula is C17H22O4. The van der Waals surface area contributed by atoms with Crippen molar-refractivity contribution in [2.45, 2.75) is 38.7 Å². The number of hydrogen-bond donors (Lipinski definition) is 0. The lowest BCUT2D eigenvalue weighted by Gasteiger charge is -2.16. The highest BCUT2D eigenvalue weighted by atomic mass is 16.5. The third kappa shape index (κ3) is 4.00. The largest absolute Gasteiger partial charge is 0.493 e. The molecule has 0 aliphatic heterocycles. The highest BCUT2D eigenvalue weighted by Gasteiger charge is 2.18. The Morgan fingerprint density at radius 1 is 1.19 bits per heavy atom. The Balaban J connectivity index is 2.22. The molecule has 114 valence electrons. The summed E-state index contributed by atoms with van der Waals surface area (Å²) in [6, 6.07) is 5.66. The van der Waals surface area contributed by atoms with Crippen LogP contribution in [0.2, 0.25) is 0 Å². The van der Waals surface area contributed by atoms with Gasteiger partial charge in [0.25, 0.3) is 0 Å². The van der Waals surface area contributed by atoms with Crippen molar-refractivity contribution < 1.29 is 19.0 Å². The molecule has 0 aromatic heterocycles. The molecule has 4 heteroatoms. The monoisotopic (exact) mass is 290 g/mol. The fourth-order valence-electron chi connectivity index (χ4n) is 2.53. The van der Waals surface area contributed by atoms with Crippen LogP contribution in [0.25, 0.3) is 6.08 Å². The van der Waals surface area contributed by atoms with Gasteiger partial charge in [-0.25, -0.2) is 4.79 Å². The number of ether oxygens (including phenoxy) is 3. The van der Waals surface area contributed by atoms with E-state index in [1.165, 1.54) is 20.0 Å². The van der Waals surface area contributed by atoms with Gasteiger partial charge in [0.1, 0.15) is 0 Å². The van der Waals surface area contributed by atoms with Crippen molar-refractivity contribution in [2.24, 2.45) is 0 Å². The summed E-state index contributed by atoms with van der Waals surface area (Å²) in [6.07, 6.45) is 6.66. The van der Waals surface area contributed by atoms with E-state index in [1.54, 1.807) is 20.1 Å². The summed E-state index contributed by atoms with van der Waals surface area (Å²) in [7, 11) is 3.01. The van der Waals surface area contributed by atoms with Gasteiger partial charge in [0.05, 0.1) is 20.3 Å². The van der Waals surface area contributed by atoms with Crippen LogP contribution in [0.5, 0.6) is 11.5 Å². The fraction of sp³-hybridized carbons (Fsp3) is 0.471. The van der Waals surface area contributed by atoms with Gasteiger partial charge in [0.2, 0.25) is 0 Å². The van der Waals surface area contributed by atoms with E-state index in [4.69, 9.17) is 14.2 Å². The molecule has 1 aromatic rings. The summed E-state index contributed by atoms with van der Waals surface area (Å²) in [5.74, 6) is 1.12. The van der Waals surface area contributed by atoms with Crippen molar-refractivity contribution in [1.29, 1.82) is 0 Å². The van der Waals surface area contributed by atoms with Crippen LogP contribution in [0.3, 0.4) is 0 Å². The Hall–Kier alpha value is -1.97. The van der Waals surface area contributed by atoms with Crippen LogP contribution in [0.15, 0.2) is 23.8 Å². The van der Waals surface area contributed by atoms with E-state index in [1.807, 2.05) is 18.2 Å². The molecular weight excluding hydrogens is 268 g/mol. The SMILES string of the molecule is COC(=O)C(C)=Cc1ccc(OC)c(OC2CCCC2)c1. The minimum absolute atomic E-state index is 0.264. The summed E-state index contributed by atoms with van der Waals surface area (Å²) in [5, 5.41) is 0. The van der Waals surface area contributed by atoms with E-state index in [9.17, 15) is 4.79 Å². The van der Waals surface area contributed by atoms with Crippen molar-refractivity contribution in [1.82, 2.24) is 0 Å². The first kappa shape index (κ1) is 15.4. The van der Waals surface area contributed by atoms with Crippen molar-refractivity contribution in [3.63, 3.8) is 0 Å². The molecule has 1 aliphatic rings. The second-order valence-electron chi connectivity index (χ2n) is 5.25. The molecule has 1 fully saturated rings. The van der Waals surface area contributed by atoms with Crippen LogP contribution in [0, 0.1) is 0 Å². The van der Waals surface area contributed by atoms with Gasteiger partial charge in [0.15, 0.2) is 11.5 Å². The van der Waals surface area contributed by atoms with Crippen LogP contribution in [0.1, 0.15) is 38.2 Å². The van der Waals surface area contributed by atoms with Gasteiger partial charge in [-0.05, 0) is 56.4 Å². The standard InChI is InChI=1S/C17H22O4/c1-12(17(18)20-3)10-13-8-9-15(19-2)16(11-13)21-14-6-4-5-7-14/h8-11,14H,4-7H2,1-3H3. The third-order valence-electron chi connectivity index (χ3n) is 3.67. The summed E-state index contributed by atoms with van der Waals surface area (Å²) in [4.78, 5) is 11.5. The average molecular weight is 290 g/mol. The van der Waals surface area contributed by atoms with Gasteiger partial charge in [-0.2, -0.15) is 0 Å². The quantitative estimate of drug-likeness (QED) is 0.614. The van der Waals surface area contributed by atoms with Gasteiger partial charge in [-0.3, -0.25) is 0 Å². The summed E-state index contributed by atoms with van der Waals surface area (Å²) < 4.78 is 16.1. The average Bonchev–Trinajstić information content (AvgIpc) is 2.99. The highest BCUT2D eigenvalue weighted by Crippen LogP contribution is 2.33. The summed E-state index contributed by atoms with van der Waals surface area (Å²) in [6.45, 7) is 1.73. The molecule has 1 aliphatic carbocycles. The fourth-order valence-corrected chi connectivity index (χ4v) is 2.53. The topological polar surface area (TPSA) is 44.8 Å². The Morgan fingerprint density at radius 3 is 2.52 bits per heavy atom. The molecule has 0 N–H and O–H groups in total. The number of benzene rings is 1. The highest BCUT2D eigenvalue weighted by molar-refractivity contribution is 5.93. The molecule has 0 spiro atoms. The normalized spacial score (nSPS) is 15.9. The number of esters is 1. The van der Waals surface area contributed by atoms with Crippen molar-refractivity contribution >= 4 is 12.0 Å². The number of carbonyl (C=O) groups is 1. The van der Waals surface area contributed by atoms with E-state index in [2.05, 4.69) is 0 Å². The molecule has 0 amide bonds. The van der Waals surface area contributed by atoms with E-state index in [0.717, 1.165) is 29.9 Å². The summed E-state index contributed by atoms with van der Waals surface area (Å²) >= 11 is 0. The second-order valence-corrected chi connectivity index (χ2v) is 5.25. The maximum atomic E-state index is 11.5. The van der Waals surface area contributed by atoms with Gasteiger partial charge >= 0.3 is 5.97 Å². The van der Waals surface area contributed by atoms with Crippen LogP contribution >= 0.6 is 0 Å². The summed E-state index contributed by atoms with van der Waals surface area (Å²) in [5.41, 5.74) is 1.45. The molecule has 0 heterocycles. The lowest BCUT2D eigenvalue weighted by molar-refractivity contribution is -0.135. The van der Waals surface area contributed by atoms with Crippen LogP contribution in [0.4, 0.5) is 0 Å². The number of carbonyl (C=O) groups excluding carboxylic acids is 1. The lowest BCUT2D eigenvalue weighted by Crippen LogP contribution is -2.11. The first-order chi connectivity index (χ1) is 10.1. The first-order valence-electron chi connectivity index (χ1n) is 7.25. The molecule has 1 aromatic carbocycles. The zero-order chi connectivity index (χ0) is 15.2. The molecule has 21 heavy (non-hydrogen) atoms. The predicted octanol–water partition coefficient (Wildman–Crippen LogP) is 3.59. The van der Waals surface area contributed by atoms with Crippen LogP contribution in [-0.4, -0.2) is 26.3 Å². The van der Waals surface area contributed by atoms with Gasteiger partial charge in [0, 0.05) is 5.57 Å². The maximum absolute atomic E-state index is 11.5. The second kappa shape index (κ2) is 7.16. The smallest absolute Gasteiger partial charge is 0.333 e. The van der Waals surface area contributed by atoms with E-state index in [-0.39, 0.29) is 12.1 Å². The molecule has 4 nitrogen and oxygen atoms in total. The first-order valence-corrected chi connectivity index (χ1v) is 7.25. The van der Waals surface area contributed by atoms with Gasteiger partial charge in [-0.1, -0.05) is 6.07 Å². The zero-order valence-corrected chi connectivity index (χ0v) is 12.8. The van der Waals surface area contributed by atoms with Gasteiger partial charge in [-0.15, -0.1) is 0 Å². The number of rotatable bonds is 5. The van der Waals surface area contributed by atoms with E-state index < -0.39 is 0 Å².